The van der Waals surface area contributed by atoms with Gasteiger partial charge < -0.3 is 0 Å². The molecule has 11 heavy (non-hydrogen) atoms. The minimum Gasteiger partial charge on any atom is -0.297 e. The minimum atomic E-state index is -0.479. The number of amides is 1. The molecule has 0 spiro atoms. The van der Waals surface area contributed by atoms with Gasteiger partial charge in [-0.25, -0.2) is 0 Å². The summed E-state index contributed by atoms with van der Waals surface area (Å²) in [4.78, 5) is 14.6. The van der Waals surface area contributed by atoms with E-state index in [1.807, 2.05) is 5.43 Å². The van der Waals surface area contributed by atoms with E-state index in [0.29, 0.717) is 0 Å². The standard InChI is InChI=1S/C6H7N3O2/c10-6(8-9-11)5-3-1-2-4-7-5/h1-4,9,11H,(H,8,10). The van der Waals surface area contributed by atoms with Crippen LogP contribution in [0.15, 0.2) is 24.4 Å². The Morgan fingerprint density at radius 3 is 2.91 bits per heavy atom. The van der Waals surface area contributed by atoms with Crippen molar-refractivity contribution in [3.63, 3.8) is 0 Å². The van der Waals surface area contributed by atoms with E-state index >= 15 is 0 Å². The van der Waals surface area contributed by atoms with Crippen LogP contribution < -0.4 is 11.0 Å². The highest BCUT2D eigenvalue weighted by Gasteiger charge is 2.02. The van der Waals surface area contributed by atoms with E-state index in [1.165, 1.54) is 17.9 Å². The summed E-state index contributed by atoms with van der Waals surface area (Å²) < 4.78 is 0. The van der Waals surface area contributed by atoms with Gasteiger partial charge in [0.2, 0.25) is 0 Å². The highest BCUT2D eigenvalue weighted by atomic mass is 16.5. The molecule has 1 aromatic rings. The number of carbonyl (C=O) groups is 1. The van der Waals surface area contributed by atoms with Gasteiger partial charge in [-0.1, -0.05) is 6.07 Å². The SMILES string of the molecule is O=C(NNO)c1ccccn1. The first-order chi connectivity index (χ1) is 5.34. The zero-order valence-electron chi connectivity index (χ0n) is 5.61. The van der Waals surface area contributed by atoms with E-state index in [2.05, 4.69) is 4.98 Å². The van der Waals surface area contributed by atoms with Crippen molar-refractivity contribution in [2.45, 2.75) is 0 Å². The van der Waals surface area contributed by atoms with E-state index in [-0.39, 0.29) is 5.69 Å². The number of rotatable bonds is 2. The maximum Gasteiger partial charge on any atom is 0.285 e. The zero-order valence-corrected chi connectivity index (χ0v) is 5.61. The molecule has 0 radical (unpaired) electrons. The third-order valence-electron chi connectivity index (χ3n) is 1.07. The molecular formula is C6H7N3O2. The van der Waals surface area contributed by atoms with Gasteiger partial charge in [0.15, 0.2) is 0 Å². The number of nitrogens with one attached hydrogen (secondary N) is 2. The lowest BCUT2D eigenvalue weighted by atomic mass is 10.3. The average Bonchev–Trinajstić information content (AvgIpc) is 2.07. The summed E-state index contributed by atoms with van der Waals surface area (Å²) >= 11 is 0. The largest absolute Gasteiger partial charge is 0.297 e. The Bertz CT molecular complexity index is 237. The fourth-order valence-electron chi connectivity index (χ4n) is 0.612. The molecule has 0 aromatic carbocycles. The molecule has 0 aliphatic carbocycles. The van der Waals surface area contributed by atoms with Crippen molar-refractivity contribution in [3.8, 4) is 0 Å². The number of hydrazine groups is 1. The van der Waals surface area contributed by atoms with Crippen LogP contribution in [-0.4, -0.2) is 16.1 Å². The normalized spacial score (nSPS) is 9.18. The zero-order chi connectivity index (χ0) is 8.10. The molecule has 0 unspecified atom stereocenters. The van der Waals surface area contributed by atoms with Crippen LogP contribution >= 0.6 is 0 Å². The van der Waals surface area contributed by atoms with Crippen molar-refractivity contribution < 1.29 is 10.0 Å². The van der Waals surface area contributed by atoms with Gasteiger partial charge in [-0.3, -0.25) is 20.4 Å². The number of hydrogen-bond donors (Lipinski definition) is 3. The highest BCUT2D eigenvalue weighted by Crippen LogP contribution is 1.90. The Hall–Kier alpha value is -1.46. The third kappa shape index (κ3) is 1.99. The van der Waals surface area contributed by atoms with Crippen molar-refractivity contribution in [1.29, 1.82) is 0 Å². The van der Waals surface area contributed by atoms with Gasteiger partial charge in [0, 0.05) is 6.20 Å². The van der Waals surface area contributed by atoms with E-state index in [0.717, 1.165) is 0 Å². The van der Waals surface area contributed by atoms with Crippen LogP contribution in [0, 0.1) is 0 Å². The first-order valence-corrected chi connectivity index (χ1v) is 2.95. The molecular weight excluding hydrogens is 146 g/mol. The smallest absolute Gasteiger partial charge is 0.285 e. The van der Waals surface area contributed by atoms with Crippen LogP contribution in [0.1, 0.15) is 10.5 Å². The Morgan fingerprint density at radius 2 is 2.36 bits per heavy atom. The van der Waals surface area contributed by atoms with Crippen LogP contribution in [0.3, 0.4) is 0 Å². The predicted octanol–water partition coefficient (Wildman–Crippen LogP) is -0.295. The Morgan fingerprint density at radius 1 is 1.55 bits per heavy atom. The molecule has 5 nitrogen and oxygen atoms in total. The van der Waals surface area contributed by atoms with Gasteiger partial charge in [0.25, 0.3) is 5.91 Å². The lowest BCUT2D eigenvalue weighted by Gasteiger charge is -1.98. The summed E-state index contributed by atoms with van der Waals surface area (Å²) in [5.41, 5.74) is 3.74. The molecule has 58 valence electrons. The van der Waals surface area contributed by atoms with Gasteiger partial charge in [-0.2, -0.15) is 0 Å². The molecule has 0 saturated carbocycles. The number of pyridine rings is 1. The number of aromatic nitrogens is 1. The molecule has 3 N–H and O–H groups in total. The Labute approximate surface area is 63.0 Å². The summed E-state index contributed by atoms with van der Waals surface area (Å²) in [6, 6.07) is 4.91. The summed E-state index contributed by atoms with van der Waals surface area (Å²) in [7, 11) is 0. The molecule has 0 aliphatic heterocycles. The quantitative estimate of drug-likeness (QED) is 0.510. The topological polar surface area (TPSA) is 74.2 Å². The highest BCUT2D eigenvalue weighted by molar-refractivity contribution is 5.91. The first kappa shape index (κ1) is 7.64. The molecule has 1 rings (SSSR count). The van der Waals surface area contributed by atoms with Gasteiger partial charge in [0.1, 0.15) is 5.69 Å². The lowest BCUT2D eigenvalue weighted by molar-refractivity contribution is 0.0727. The van der Waals surface area contributed by atoms with Crippen molar-refractivity contribution in [2.75, 3.05) is 0 Å². The number of nitrogens with zero attached hydrogens (tertiary/aromatic N) is 1. The molecule has 1 amide bonds. The minimum absolute atomic E-state index is 0.244. The van der Waals surface area contributed by atoms with E-state index in [4.69, 9.17) is 5.21 Å². The summed E-state index contributed by atoms with van der Waals surface area (Å²) in [5.74, 6) is -0.479. The summed E-state index contributed by atoms with van der Waals surface area (Å²) in [6.07, 6.45) is 1.49. The van der Waals surface area contributed by atoms with E-state index in [1.54, 1.807) is 12.1 Å². The van der Waals surface area contributed by atoms with Gasteiger partial charge in [-0.15, -0.1) is 5.59 Å². The Kier molecular flexibility index (Phi) is 2.53. The summed E-state index contributed by atoms with van der Waals surface area (Å²) in [5, 5.41) is 8.09. The van der Waals surface area contributed by atoms with E-state index < -0.39 is 5.91 Å². The van der Waals surface area contributed by atoms with Crippen molar-refractivity contribution in [1.82, 2.24) is 16.0 Å². The summed E-state index contributed by atoms with van der Waals surface area (Å²) in [6.45, 7) is 0. The number of hydrogen-bond acceptors (Lipinski definition) is 4. The molecule has 0 fully saturated rings. The van der Waals surface area contributed by atoms with Crippen molar-refractivity contribution in [2.24, 2.45) is 0 Å². The van der Waals surface area contributed by atoms with Gasteiger partial charge in [0.05, 0.1) is 0 Å². The monoisotopic (exact) mass is 153 g/mol. The van der Waals surface area contributed by atoms with E-state index in [9.17, 15) is 4.79 Å². The third-order valence-corrected chi connectivity index (χ3v) is 1.07. The molecule has 0 saturated heterocycles. The fourth-order valence-corrected chi connectivity index (χ4v) is 0.612. The molecule has 0 bridgehead atoms. The van der Waals surface area contributed by atoms with Crippen LogP contribution in [0.5, 0.6) is 0 Å². The number of carbonyl (C=O) groups excluding carboxylic acids is 1. The second kappa shape index (κ2) is 3.65. The van der Waals surface area contributed by atoms with Crippen LogP contribution in [0.25, 0.3) is 0 Å². The maximum absolute atomic E-state index is 10.8. The van der Waals surface area contributed by atoms with Crippen LogP contribution in [0.2, 0.25) is 0 Å². The molecule has 5 heteroatoms. The molecule has 1 heterocycles. The Balaban J connectivity index is 2.69. The molecule has 0 atom stereocenters. The average molecular weight is 153 g/mol. The van der Waals surface area contributed by atoms with Crippen molar-refractivity contribution >= 4 is 5.91 Å². The predicted molar refractivity (Wildman–Crippen MR) is 36.6 cm³/mol. The van der Waals surface area contributed by atoms with Gasteiger partial charge >= 0.3 is 0 Å². The van der Waals surface area contributed by atoms with Crippen LogP contribution in [0.4, 0.5) is 0 Å². The van der Waals surface area contributed by atoms with Crippen molar-refractivity contribution in [3.05, 3.63) is 30.1 Å². The first-order valence-electron chi connectivity index (χ1n) is 2.95. The fraction of sp³-hybridized carbons (Fsp3) is 0. The molecule has 1 aromatic heterocycles. The second-order valence-electron chi connectivity index (χ2n) is 1.78. The maximum atomic E-state index is 10.8. The van der Waals surface area contributed by atoms with Gasteiger partial charge in [-0.05, 0) is 12.1 Å². The molecule has 0 aliphatic rings. The lowest BCUT2D eigenvalue weighted by Crippen LogP contribution is -2.35. The second-order valence-corrected chi connectivity index (χ2v) is 1.78. The van der Waals surface area contributed by atoms with Crippen LogP contribution in [-0.2, 0) is 0 Å².